The molecule has 2 N–H and O–H groups in total. The molecular formula is C10H17NO. The summed E-state index contributed by atoms with van der Waals surface area (Å²) in [6.45, 7) is 4.75. The van der Waals surface area contributed by atoms with Crippen molar-refractivity contribution in [1.82, 2.24) is 0 Å². The highest BCUT2D eigenvalue weighted by Gasteiger charge is 2.12. The third-order valence-electron chi connectivity index (χ3n) is 2.02. The largest absolute Gasteiger partial charge is 0.468 e. The topological polar surface area (TPSA) is 39.2 Å². The number of nitrogens with two attached hydrogens (primary N) is 1. The Morgan fingerprint density at radius 1 is 1.58 bits per heavy atom. The second kappa shape index (κ2) is 4.31. The summed E-state index contributed by atoms with van der Waals surface area (Å²) in [4.78, 5) is 0. The molecule has 1 fully saturated rings. The van der Waals surface area contributed by atoms with E-state index in [9.17, 15) is 0 Å². The van der Waals surface area contributed by atoms with Crippen LogP contribution >= 0.6 is 0 Å². The second-order valence-corrected chi connectivity index (χ2v) is 3.41. The molecule has 1 heterocycles. The molecule has 0 aromatic carbocycles. The van der Waals surface area contributed by atoms with Gasteiger partial charge in [-0.3, -0.25) is 0 Å². The van der Waals surface area contributed by atoms with Crippen LogP contribution in [0.25, 0.3) is 0 Å². The molecule has 1 saturated carbocycles. The van der Waals surface area contributed by atoms with Gasteiger partial charge in [-0.2, -0.15) is 0 Å². The van der Waals surface area contributed by atoms with Gasteiger partial charge in [0.2, 0.25) is 0 Å². The quantitative estimate of drug-likeness (QED) is 0.697. The van der Waals surface area contributed by atoms with Gasteiger partial charge >= 0.3 is 0 Å². The lowest BCUT2D eigenvalue weighted by atomic mass is 10.3. The molecule has 0 saturated heterocycles. The Kier molecular flexibility index (Phi) is 3.35. The Bertz CT molecular complexity index is 225. The van der Waals surface area contributed by atoms with Crippen LogP contribution in [-0.2, 0) is 6.54 Å². The van der Waals surface area contributed by atoms with Crippen LogP contribution in [0.2, 0.25) is 0 Å². The fourth-order valence-electron chi connectivity index (χ4n) is 0.780. The zero-order valence-corrected chi connectivity index (χ0v) is 7.84. The monoisotopic (exact) mass is 167 g/mol. The lowest BCUT2D eigenvalue weighted by molar-refractivity contribution is 0.509. The number of hydrogen-bond acceptors (Lipinski definition) is 2. The smallest absolute Gasteiger partial charge is 0.120 e. The molecule has 0 aliphatic heterocycles. The SMILES string of the molecule is CC1CC1.Cc1ccoc1CN. The maximum atomic E-state index is 5.30. The van der Waals surface area contributed by atoms with E-state index < -0.39 is 0 Å². The number of aryl methyl sites for hydroxylation is 1. The van der Waals surface area contributed by atoms with Crippen molar-refractivity contribution < 1.29 is 4.42 Å². The predicted octanol–water partition coefficient (Wildman–Crippen LogP) is 2.46. The van der Waals surface area contributed by atoms with Gasteiger partial charge in [-0.15, -0.1) is 0 Å². The van der Waals surface area contributed by atoms with E-state index in [1.54, 1.807) is 6.26 Å². The van der Waals surface area contributed by atoms with Crippen molar-refractivity contribution in [3.05, 3.63) is 23.7 Å². The summed E-state index contributed by atoms with van der Waals surface area (Å²) in [6, 6.07) is 1.90. The number of rotatable bonds is 1. The molecule has 0 spiro atoms. The van der Waals surface area contributed by atoms with Gasteiger partial charge in [-0.1, -0.05) is 19.8 Å². The van der Waals surface area contributed by atoms with E-state index in [4.69, 9.17) is 10.2 Å². The van der Waals surface area contributed by atoms with Crippen LogP contribution in [0, 0.1) is 12.8 Å². The van der Waals surface area contributed by atoms with Gasteiger partial charge in [0.25, 0.3) is 0 Å². The minimum absolute atomic E-state index is 0.499. The molecule has 2 nitrogen and oxygen atoms in total. The van der Waals surface area contributed by atoms with Gasteiger partial charge in [0.15, 0.2) is 0 Å². The molecule has 0 radical (unpaired) electrons. The summed E-state index contributed by atoms with van der Waals surface area (Å²) in [5.74, 6) is 1.96. The number of furan rings is 1. The molecule has 12 heavy (non-hydrogen) atoms. The van der Waals surface area contributed by atoms with Crippen LogP contribution < -0.4 is 5.73 Å². The summed E-state index contributed by atoms with van der Waals surface area (Å²) in [5, 5.41) is 0. The Hall–Kier alpha value is -0.760. The van der Waals surface area contributed by atoms with Crippen LogP contribution in [-0.4, -0.2) is 0 Å². The first-order valence-electron chi connectivity index (χ1n) is 4.47. The van der Waals surface area contributed by atoms with Crippen LogP contribution in [0.4, 0.5) is 0 Å². The van der Waals surface area contributed by atoms with Crippen molar-refractivity contribution in [1.29, 1.82) is 0 Å². The third-order valence-corrected chi connectivity index (χ3v) is 2.02. The van der Waals surface area contributed by atoms with E-state index in [1.807, 2.05) is 13.0 Å². The van der Waals surface area contributed by atoms with Crippen molar-refractivity contribution in [2.24, 2.45) is 11.7 Å². The molecule has 1 aromatic heterocycles. The minimum atomic E-state index is 0.499. The van der Waals surface area contributed by atoms with Crippen molar-refractivity contribution >= 4 is 0 Å². The van der Waals surface area contributed by atoms with Crippen molar-refractivity contribution in [2.45, 2.75) is 33.2 Å². The highest BCUT2D eigenvalue weighted by Crippen LogP contribution is 2.26. The van der Waals surface area contributed by atoms with Crippen LogP contribution in [0.5, 0.6) is 0 Å². The van der Waals surface area contributed by atoms with Crippen LogP contribution in [0.1, 0.15) is 31.1 Å². The van der Waals surface area contributed by atoms with Gasteiger partial charge in [0.05, 0.1) is 12.8 Å². The van der Waals surface area contributed by atoms with E-state index in [2.05, 4.69) is 6.92 Å². The van der Waals surface area contributed by atoms with Gasteiger partial charge < -0.3 is 10.2 Å². The molecule has 0 atom stereocenters. The summed E-state index contributed by atoms with van der Waals surface area (Å²) in [5.41, 5.74) is 6.43. The molecular weight excluding hydrogens is 150 g/mol. The molecule has 1 aromatic rings. The lowest BCUT2D eigenvalue weighted by Gasteiger charge is -1.87. The maximum absolute atomic E-state index is 5.30. The average molecular weight is 167 g/mol. The third kappa shape index (κ3) is 3.09. The van der Waals surface area contributed by atoms with E-state index in [0.717, 1.165) is 17.2 Å². The Balaban J connectivity index is 0.000000150. The van der Waals surface area contributed by atoms with Crippen LogP contribution in [0.15, 0.2) is 16.7 Å². The fraction of sp³-hybridized carbons (Fsp3) is 0.600. The second-order valence-electron chi connectivity index (χ2n) is 3.41. The van der Waals surface area contributed by atoms with Gasteiger partial charge in [0.1, 0.15) is 5.76 Å². The number of hydrogen-bond donors (Lipinski definition) is 1. The summed E-state index contributed by atoms with van der Waals surface area (Å²) < 4.78 is 4.99. The summed E-state index contributed by atoms with van der Waals surface area (Å²) in [7, 11) is 0. The van der Waals surface area contributed by atoms with Crippen molar-refractivity contribution in [3.63, 3.8) is 0 Å². The van der Waals surface area contributed by atoms with E-state index in [1.165, 1.54) is 12.8 Å². The predicted molar refractivity (Wildman–Crippen MR) is 49.7 cm³/mol. The lowest BCUT2D eigenvalue weighted by Crippen LogP contribution is -1.94. The highest BCUT2D eigenvalue weighted by molar-refractivity contribution is 5.13. The van der Waals surface area contributed by atoms with Crippen LogP contribution in [0.3, 0.4) is 0 Å². The average Bonchev–Trinajstić information content (AvgIpc) is 2.70. The zero-order valence-electron chi connectivity index (χ0n) is 7.84. The summed E-state index contributed by atoms with van der Waals surface area (Å²) >= 11 is 0. The Morgan fingerprint density at radius 2 is 2.17 bits per heavy atom. The first-order valence-corrected chi connectivity index (χ1v) is 4.47. The molecule has 0 bridgehead atoms. The normalized spacial score (nSPS) is 15.2. The zero-order chi connectivity index (χ0) is 8.97. The van der Waals surface area contributed by atoms with Gasteiger partial charge in [-0.25, -0.2) is 0 Å². The molecule has 0 amide bonds. The molecule has 2 heteroatoms. The highest BCUT2D eigenvalue weighted by atomic mass is 16.3. The molecule has 1 aliphatic carbocycles. The Morgan fingerprint density at radius 3 is 2.33 bits per heavy atom. The van der Waals surface area contributed by atoms with Gasteiger partial charge in [-0.05, 0) is 24.5 Å². The van der Waals surface area contributed by atoms with Crippen molar-refractivity contribution in [2.75, 3.05) is 0 Å². The van der Waals surface area contributed by atoms with Crippen molar-refractivity contribution in [3.8, 4) is 0 Å². The van der Waals surface area contributed by atoms with E-state index in [0.29, 0.717) is 6.54 Å². The minimum Gasteiger partial charge on any atom is -0.468 e. The first kappa shape index (κ1) is 9.33. The first-order chi connectivity index (χ1) is 5.74. The fourth-order valence-corrected chi connectivity index (χ4v) is 0.780. The summed E-state index contributed by atoms with van der Waals surface area (Å²) in [6.07, 6.45) is 4.62. The molecule has 0 unspecified atom stereocenters. The molecule has 1 aliphatic rings. The standard InChI is InChI=1S/C6H9NO.C4H8/c1-5-2-3-8-6(5)4-7;1-4-2-3-4/h2-3H,4,7H2,1H3;4H,2-3H2,1H3. The van der Waals surface area contributed by atoms with E-state index >= 15 is 0 Å². The molecule has 2 rings (SSSR count). The molecule has 68 valence electrons. The van der Waals surface area contributed by atoms with Gasteiger partial charge in [0, 0.05) is 0 Å². The Labute approximate surface area is 73.8 Å². The maximum Gasteiger partial charge on any atom is 0.120 e. The van der Waals surface area contributed by atoms with E-state index in [-0.39, 0.29) is 0 Å².